The van der Waals surface area contributed by atoms with Gasteiger partial charge in [-0.25, -0.2) is 4.39 Å². The van der Waals surface area contributed by atoms with Gasteiger partial charge in [0.2, 0.25) is 5.91 Å². The molecule has 2 aliphatic rings. The highest BCUT2D eigenvalue weighted by Crippen LogP contribution is 2.48. The molecule has 1 spiro atoms. The number of nitrogens with zero attached hydrogens (tertiary/aromatic N) is 3. The zero-order valence-electron chi connectivity index (χ0n) is 18.9. The smallest absolute Gasteiger partial charge is 0.273 e. The fourth-order valence-electron chi connectivity index (χ4n) is 5.04. The average Bonchev–Trinajstić information content (AvgIpc) is 3.02. The second-order valence-corrected chi connectivity index (χ2v) is 10.3. The van der Waals surface area contributed by atoms with Gasteiger partial charge in [-0.05, 0) is 55.1 Å². The van der Waals surface area contributed by atoms with Crippen LogP contribution in [-0.4, -0.2) is 35.4 Å². The molecule has 0 atom stereocenters. The quantitative estimate of drug-likeness (QED) is 0.494. The van der Waals surface area contributed by atoms with Crippen molar-refractivity contribution in [3.8, 4) is 0 Å². The Labute approximate surface area is 188 Å². The van der Waals surface area contributed by atoms with Crippen molar-refractivity contribution in [2.24, 2.45) is 5.41 Å². The van der Waals surface area contributed by atoms with Gasteiger partial charge in [0, 0.05) is 42.2 Å². The lowest BCUT2D eigenvalue weighted by atomic mass is 9.74. The number of amides is 1. The highest BCUT2D eigenvalue weighted by molar-refractivity contribution is 5.96. The lowest BCUT2D eigenvalue weighted by molar-refractivity contribution is -0.385. The first kappa shape index (κ1) is 22.4. The highest BCUT2D eigenvalue weighted by Gasteiger charge is 2.46. The molecule has 0 aromatic heterocycles. The molecule has 1 amide bonds. The number of likely N-dealkylation sites (tertiary alicyclic amines) is 1. The molecule has 32 heavy (non-hydrogen) atoms. The molecule has 1 fully saturated rings. The number of rotatable bonds is 4. The van der Waals surface area contributed by atoms with Crippen molar-refractivity contribution in [2.75, 3.05) is 24.5 Å². The van der Waals surface area contributed by atoms with E-state index >= 15 is 0 Å². The molecule has 2 aliphatic heterocycles. The summed E-state index contributed by atoms with van der Waals surface area (Å²) in [5.41, 5.74) is 2.19. The third-order valence-corrected chi connectivity index (χ3v) is 6.66. The highest BCUT2D eigenvalue weighted by atomic mass is 19.1. The summed E-state index contributed by atoms with van der Waals surface area (Å²) in [7, 11) is 0. The molecule has 4 rings (SSSR count). The van der Waals surface area contributed by atoms with Crippen LogP contribution in [0.1, 0.15) is 51.2 Å². The van der Waals surface area contributed by atoms with Crippen LogP contribution in [0.25, 0.3) is 0 Å². The van der Waals surface area contributed by atoms with E-state index in [1.54, 1.807) is 24.3 Å². The fourth-order valence-corrected chi connectivity index (χ4v) is 5.04. The number of carbonyl (C=O) groups is 1. The first-order valence-corrected chi connectivity index (χ1v) is 11.1. The van der Waals surface area contributed by atoms with Crippen LogP contribution in [0.3, 0.4) is 0 Å². The van der Waals surface area contributed by atoms with Crippen LogP contribution < -0.4 is 4.90 Å². The summed E-state index contributed by atoms with van der Waals surface area (Å²) in [6, 6.07) is 11.6. The summed E-state index contributed by atoms with van der Waals surface area (Å²) < 4.78 is 14.2. The van der Waals surface area contributed by atoms with Crippen LogP contribution >= 0.6 is 0 Å². The normalized spacial score (nSPS) is 18.1. The zero-order chi connectivity index (χ0) is 23.1. The Morgan fingerprint density at radius 2 is 1.84 bits per heavy atom. The maximum absolute atomic E-state index is 14.2. The molecule has 0 radical (unpaired) electrons. The summed E-state index contributed by atoms with van der Waals surface area (Å²) in [6.45, 7) is 8.69. The Hall–Kier alpha value is -2.80. The van der Waals surface area contributed by atoms with E-state index in [0.29, 0.717) is 25.1 Å². The van der Waals surface area contributed by atoms with E-state index in [1.165, 1.54) is 12.1 Å². The molecule has 2 heterocycles. The molecule has 1 saturated heterocycles. The lowest BCUT2D eigenvalue weighted by Gasteiger charge is -2.40. The predicted molar refractivity (Wildman–Crippen MR) is 122 cm³/mol. The molecular weight excluding hydrogens is 409 g/mol. The van der Waals surface area contributed by atoms with Gasteiger partial charge in [-0.15, -0.1) is 0 Å². The van der Waals surface area contributed by atoms with Crippen molar-refractivity contribution in [3.63, 3.8) is 0 Å². The van der Waals surface area contributed by atoms with Gasteiger partial charge in [0.15, 0.2) is 0 Å². The van der Waals surface area contributed by atoms with E-state index in [4.69, 9.17) is 0 Å². The Kier molecular flexibility index (Phi) is 5.79. The number of para-hydroxylation sites is 1. The molecule has 0 N–H and O–H groups in total. The minimum Gasteiger partial charge on any atom is -0.311 e. The van der Waals surface area contributed by atoms with Gasteiger partial charge in [-0.2, -0.15) is 0 Å². The van der Waals surface area contributed by atoms with Gasteiger partial charge >= 0.3 is 0 Å². The number of piperidine rings is 1. The second-order valence-electron chi connectivity index (χ2n) is 10.3. The van der Waals surface area contributed by atoms with Crippen LogP contribution in [0.5, 0.6) is 0 Å². The van der Waals surface area contributed by atoms with E-state index in [9.17, 15) is 19.3 Å². The summed E-state index contributed by atoms with van der Waals surface area (Å²) in [4.78, 5) is 28.2. The number of nitro benzene ring substituents is 1. The van der Waals surface area contributed by atoms with Gasteiger partial charge in [0.1, 0.15) is 5.82 Å². The standard InChI is InChI=1S/C25H30FN3O3/c1-24(2,3)15-23(30)28-17-25(20-14-19(26)8-9-22(20)28)10-12-27(13-11-25)16-18-6-4-5-7-21(18)29(31)32/h4-9,14H,10-13,15-17H2,1-3H3. The second kappa shape index (κ2) is 8.28. The molecule has 0 unspecified atom stereocenters. The van der Waals surface area contributed by atoms with E-state index in [1.807, 2.05) is 31.7 Å². The summed E-state index contributed by atoms with van der Waals surface area (Å²) in [5, 5.41) is 11.3. The molecule has 0 aliphatic carbocycles. The maximum atomic E-state index is 14.2. The van der Waals surface area contributed by atoms with Gasteiger partial charge in [0.25, 0.3) is 5.69 Å². The number of hydrogen-bond acceptors (Lipinski definition) is 4. The van der Waals surface area contributed by atoms with E-state index in [0.717, 1.165) is 37.2 Å². The maximum Gasteiger partial charge on any atom is 0.273 e. The number of anilines is 1. The number of carbonyl (C=O) groups excluding carboxylic acids is 1. The number of nitro groups is 1. The molecule has 170 valence electrons. The van der Waals surface area contributed by atoms with Crippen molar-refractivity contribution in [1.82, 2.24) is 4.90 Å². The minimum absolute atomic E-state index is 0.0737. The molecule has 2 aromatic carbocycles. The SMILES string of the molecule is CC(C)(C)CC(=O)N1CC2(CCN(Cc3ccccc3[N+](=O)[O-])CC2)c2cc(F)ccc21. The van der Waals surface area contributed by atoms with Crippen LogP contribution in [-0.2, 0) is 16.8 Å². The zero-order valence-corrected chi connectivity index (χ0v) is 18.9. The van der Waals surface area contributed by atoms with E-state index < -0.39 is 0 Å². The van der Waals surface area contributed by atoms with Crippen molar-refractivity contribution in [3.05, 3.63) is 69.5 Å². The van der Waals surface area contributed by atoms with Gasteiger partial charge < -0.3 is 4.90 Å². The first-order chi connectivity index (χ1) is 15.1. The monoisotopic (exact) mass is 439 g/mol. The average molecular weight is 440 g/mol. The van der Waals surface area contributed by atoms with Gasteiger partial charge in [0.05, 0.1) is 4.92 Å². The van der Waals surface area contributed by atoms with E-state index in [-0.39, 0.29) is 33.2 Å². The van der Waals surface area contributed by atoms with Crippen molar-refractivity contribution in [1.29, 1.82) is 0 Å². The van der Waals surface area contributed by atoms with Crippen LogP contribution in [0.4, 0.5) is 15.8 Å². The van der Waals surface area contributed by atoms with Crippen molar-refractivity contribution < 1.29 is 14.1 Å². The number of hydrogen-bond donors (Lipinski definition) is 0. The number of fused-ring (bicyclic) bond motifs is 2. The number of halogens is 1. The minimum atomic E-state index is -0.338. The van der Waals surface area contributed by atoms with Crippen LogP contribution in [0.15, 0.2) is 42.5 Å². The first-order valence-electron chi connectivity index (χ1n) is 11.1. The Morgan fingerprint density at radius 3 is 2.50 bits per heavy atom. The Balaban J connectivity index is 1.54. The predicted octanol–water partition coefficient (Wildman–Crippen LogP) is 5.05. The topological polar surface area (TPSA) is 66.7 Å². The van der Waals surface area contributed by atoms with Crippen molar-refractivity contribution >= 4 is 17.3 Å². The van der Waals surface area contributed by atoms with Crippen molar-refractivity contribution in [2.45, 2.75) is 52.0 Å². The van der Waals surface area contributed by atoms with Crippen LogP contribution in [0, 0.1) is 21.3 Å². The largest absolute Gasteiger partial charge is 0.311 e. The Bertz CT molecular complexity index is 1040. The molecule has 6 nitrogen and oxygen atoms in total. The lowest BCUT2D eigenvalue weighted by Crippen LogP contribution is -2.46. The van der Waals surface area contributed by atoms with E-state index in [2.05, 4.69) is 4.90 Å². The fraction of sp³-hybridized carbons (Fsp3) is 0.480. The summed E-state index contributed by atoms with van der Waals surface area (Å²) in [5.74, 6) is -0.208. The summed E-state index contributed by atoms with van der Waals surface area (Å²) >= 11 is 0. The molecular formula is C25H30FN3O3. The van der Waals surface area contributed by atoms with Crippen LogP contribution in [0.2, 0.25) is 0 Å². The molecule has 0 saturated carbocycles. The molecule has 7 heteroatoms. The van der Waals surface area contributed by atoms with Gasteiger partial charge in [-0.3, -0.25) is 19.8 Å². The third kappa shape index (κ3) is 4.39. The van der Waals surface area contributed by atoms with Gasteiger partial charge in [-0.1, -0.05) is 39.0 Å². The molecule has 2 aromatic rings. The molecule has 0 bridgehead atoms. The summed E-state index contributed by atoms with van der Waals surface area (Å²) in [6.07, 6.45) is 2.00. The Morgan fingerprint density at radius 1 is 1.16 bits per heavy atom. The number of benzene rings is 2. The third-order valence-electron chi connectivity index (χ3n) is 6.66.